The molecular weight excluding hydrogens is 53.6 g/mol. The van der Waals surface area contributed by atoms with Gasteiger partial charge < -0.3 is 9.61 Å². The molecule has 4 heavy (non-hydrogen) atoms. The van der Waals surface area contributed by atoms with Gasteiger partial charge in [-0.1, -0.05) is 0 Å². The van der Waals surface area contributed by atoms with Gasteiger partial charge >= 0.3 is 14.7 Å². The quantitative estimate of drug-likeness (QED) is 0.263. The number of rotatable bonds is 0. The zero-order valence-corrected chi connectivity index (χ0v) is 1.97. The first kappa shape index (κ1) is 2.30. The molecule has 1 rings (SSSR count). The predicted molar refractivity (Wildman–Crippen MR) is 13.7 cm³/mol. The van der Waals surface area contributed by atoms with Gasteiger partial charge in [-0.3, -0.25) is 0 Å². The number of hydrogen-bond donors (Lipinski definition) is 0. The third-order valence-electron chi connectivity index (χ3n) is 0.222. The van der Waals surface area contributed by atoms with Gasteiger partial charge in [0.1, 0.15) is 0 Å². The summed E-state index contributed by atoms with van der Waals surface area (Å²) in [5.41, 5.74) is 0. The van der Waals surface area contributed by atoms with Gasteiger partial charge in [-0.05, 0) is 0 Å². The standard InChI is InChI=1S/B2O2/c1-2-4-3-1. The van der Waals surface area contributed by atoms with Crippen LogP contribution < -0.4 is 0 Å². The molecule has 1 aliphatic rings. The first-order chi connectivity index (χ1) is 2.00. The Morgan fingerprint density at radius 1 is 1.00 bits per heavy atom. The molecule has 0 atom stereocenters. The van der Waals surface area contributed by atoms with Crippen LogP contribution in [0.3, 0.4) is 0 Å². The van der Waals surface area contributed by atoms with Crippen LogP contribution in [0, 0.1) is 0 Å². The summed E-state index contributed by atoms with van der Waals surface area (Å²) in [7, 11) is 2.92. The molecule has 0 unspecified atom stereocenters. The van der Waals surface area contributed by atoms with E-state index in [0.29, 0.717) is 0 Å². The summed E-state index contributed by atoms with van der Waals surface area (Å²) in [6.45, 7) is 0. The molecular formula is B2O2. The van der Waals surface area contributed by atoms with Gasteiger partial charge in [0.15, 0.2) is 0 Å². The second-order valence-electron chi connectivity index (χ2n) is 0.465. The monoisotopic (exact) mass is 54.0 g/mol. The Hall–Kier alpha value is 0.0499. The van der Waals surface area contributed by atoms with Crippen molar-refractivity contribution < 1.29 is 9.61 Å². The third-order valence-corrected chi connectivity index (χ3v) is 0.222. The van der Waals surface area contributed by atoms with E-state index in [9.17, 15) is 0 Å². The Labute approximate surface area is 25.6 Å². The molecule has 0 aromatic rings. The van der Waals surface area contributed by atoms with Gasteiger partial charge in [0, 0.05) is 0 Å². The van der Waals surface area contributed by atoms with Gasteiger partial charge in [-0.2, -0.15) is 0 Å². The lowest BCUT2D eigenvalue weighted by Gasteiger charge is -2.05. The van der Waals surface area contributed by atoms with Crippen molar-refractivity contribution in [1.82, 2.24) is 0 Å². The van der Waals surface area contributed by atoms with E-state index in [1.807, 2.05) is 0 Å². The average Bonchev–Trinajstić information content (AvgIpc) is 0.722. The lowest BCUT2D eigenvalue weighted by molar-refractivity contribution is -0.120. The predicted octanol–water partition coefficient (Wildman–Crippen LogP) is -0.898. The van der Waals surface area contributed by atoms with Crippen molar-refractivity contribution in [2.24, 2.45) is 0 Å². The molecule has 1 heterocycles. The van der Waals surface area contributed by atoms with Crippen molar-refractivity contribution in [3.05, 3.63) is 0 Å². The van der Waals surface area contributed by atoms with E-state index >= 15 is 0 Å². The van der Waals surface area contributed by atoms with E-state index in [1.54, 1.807) is 0 Å². The highest BCUT2D eigenvalue weighted by molar-refractivity contribution is 6.96. The molecule has 0 bridgehead atoms. The minimum Gasteiger partial charge on any atom is -0.335 e. The fraction of sp³-hybridized carbons (Fsp3) is 0. The molecule has 0 aliphatic carbocycles. The van der Waals surface area contributed by atoms with Crippen LogP contribution in [-0.2, 0) is 9.61 Å². The second-order valence-corrected chi connectivity index (χ2v) is 0.465. The highest BCUT2D eigenvalue weighted by Crippen LogP contribution is 1.79. The van der Waals surface area contributed by atoms with Crippen LogP contribution in [0.4, 0.5) is 0 Å². The lowest BCUT2D eigenvalue weighted by Crippen LogP contribution is -2.24. The molecule has 4 heteroatoms. The zero-order valence-electron chi connectivity index (χ0n) is 1.97. The Kier molecular flexibility index (Phi) is 0.449. The van der Waals surface area contributed by atoms with E-state index in [-0.39, 0.29) is 0 Å². The van der Waals surface area contributed by atoms with Crippen LogP contribution in [0.2, 0.25) is 0 Å². The molecule has 0 spiro atoms. The summed E-state index contributed by atoms with van der Waals surface area (Å²) in [5, 5.41) is 0. The fourth-order valence-corrected chi connectivity index (χ4v) is 0.0556. The minimum absolute atomic E-state index is 1.46. The third kappa shape index (κ3) is 0.138. The smallest absolute Gasteiger partial charge is 0.335 e. The van der Waals surface area contributed by atoms with Gasteiger partial charge in [-0.25, -0.2) is 0 Å². The molecule has 0 N–H and O–H groups in total. The molecule has 0 aromatic heterocycles. The normalized spacial score (nSPS) is 20.0. The average molecular weight is 53.6 g/mol. The summed E-state index contributed by atoms with van der Waals surface area (Å²) < 4.78 is 0. The van der Waals surface area contributed by atoms with Crippen LogP contribution in [0.5, 0.6) is 0 Å². The first-order valence-corrected chi connectivity index (χ1v) is 0.971. The molecule has 2 nitrogen and oxygen atoms in total. The lowest BCUT2D eigenvalue weighted by atomic mass is 9.63. The van der Waals surface area contributed by atoms with Crippen LogP contribution >= 0.6 is 0 Å². The van der Waals surface area contributed by atoms with Gasteiger partial charge in [-0.15, -0.1) is 0 Å². The van der Waals surface area contributed by atoms with Gasteiger partial charge in [0.2, 0.25) is 0 Å². The Morgan fingerprint density at radius 2 is 1.25 bits per heavy atom. The molecule has 1 aliphatic heterocycles. The summed E-state index contributed by atoms with van der Waals surface area (Å²) in [4.78, 5) is 8.08. The van der Waals surface area contributed by atoms with Crippen LogP contribution in [0.15, 0.2) is 0 Å². The Balaban J connectivity index is 2.00. The van der Waals surface area contributed by atoms with Crippen molar-refractivity contribution in [1.29, 1.82) is 0 Å². The SMILES string of the molecule is [B]1[B]OO1. The molecule has 1 fully saturated rings. The summed E-state index contributed by atoms with van der Waals surface area (Å²) in [6.07, 6.45) is 0. The Morgan fingerprint density at radius 3 is 1.25 bits per heavy atom. The molecule has 0 saturated carbocycles. The highest BCUT2D eigenvalue weighted by atomic mass is 17.2. The maximum Gasteiger partial charge on any atom is 0.335 e. The van der Waals surface area contributed by atoms with Gasteiger partial charge in [0.25, 0.3) is 0 Å². The summed E-state index contributed by atoms with van der Waals surface area (Å²) >= 11 is 0. The van der Waals surface area contributed by atoms with Crippen molar-refractivity contribution >= 4 is 14.7 Å². The van der Waals surface area contributed by atoms with Crippen molar-refractivity contribution in [3.8, 4) is 0 Å². The fourth-order valence-electron chi connectivity index (χ4n) is 0.0556. The van der Waals surface area contributed by atoms with E-state index in [4.69, 9.17) is 0 Å². The van der Waals surface area contributed by atoms with E-state index in [2.05, 4.69) is 9.61 Å². The molecule has 18 valence electrons. The van der Waals surface area contributed by atoms with Crippen LogP contribution in [0.1, 0.15) is 0 Å². The maximum atomic E-state index is 4.04. The molecule has 1 saturated heterocycles. The highest BCUT2D eigenvalue weighted by Gasteiger charge is 2.06. The van der Waals surface area contributed by atoms with Crippen molar-refractivity contribution in [3.63, 3.8) is 0 Å². The summed E-state index contributed by atoms with van der Waals surface area (Å²) in [6, 6.07) is 0. The van der Waals surface area contributed by atoms with E-state index in [0.717, 1.165) is 0 Å². The number of hydrogen-bond acceptors (Lipinski definition) is 2. The largest absolute Gasteiger partial charge is 0.335 e. The Bertz CT molecular complexity index is 12.0. The molecule has 2 radical (unpaired) electrons. The molecule has 0 amide bonds. The van der Waals surface area contributed by atoms with Crippen LogP contribution in [-0.4, -0.2) is 14.7 Å². The summed E-state index contributed by atoms with van der Waals surface area (Å²) in [5.74, 6) is 0. The topological polar surface area (TPSA) is 18.5 Å². The minimum atomic E-state index is 1.46. The van der Waals surface area contributed by atoms with Crippen LogP contribution in [0.25, 0.3) is 0 Å². The van der Waals surface area contributed by atoms with Crippen molar-refractivity contribution in [2.75, 3.05) is 0 Å². The van der Waals surface area contributed by atoms with E-state index in [1.165, 1.54) is 14.7 Å². The van der Waals surface area contributed by atoms with Crippen molar-refractivity contribution in [2.45, 2.75) is 0 Å². The van der Waals surface area contributed by atoms with Gasteiger partial charge in [0.05, 0.1) is 0 Å². The van der Waals surface area contributed by atoms with E-state index < -0.39 is 0 Å². The zero-order chi connectivity index (χ0) is 2.83. The maximum absolute atomic E-state index is 4.04. The molecule has 0 aromatic carbocycles. The second kappa shape index (κ2) is 0.781. The first-order valence-electron chi connectivity index (χ1n) is 0.971.